The van der Waals surface area contributed by atoms with Crippen LogP contribution in [0.4, 0.5) is 4.79 Å². The van der Waals surface area contributed by atoms with Gasteiger partial charge in [0.2, 0.25) is 6.79 Å². The Kier molecular flexibility index (Phi) is 9.26. The zero-order chi connectivity index (χ0) is 24.6. The number of hydrogen-bond acceptors (Lipinski definition) is 6. The molecule has 1 unspecified atom stereocenters. The lowest BCUT2D eigenvalue weighted by atomic mass is 9.86. The predicted molar refractivity (Wildman–Crippen MR) is 132 cm³/mol. The number of hydrogen-bond donors (Lipinski definition) is 0. The van der Waals surface area contributed by atoms with Gasteiger partial charge in [0.1, 0.15) is 11.8 Å². The summed E-state index contributed by atoms with van der Waals surface area (Å²) in [6.45, 7) is 12.0. The molecule has 0 saturated carbocycles. The van der Waals surface area contributed by atoms with Gasteiger partial charge in [0.05, 0.1) is 5.69 Å². The first-order valence-electron chi connectivity index (χ1n) is 11.3. The number of rotatable bonds is 9. The predicted octanol–water partition coefficient (Wildman–Crippen LogP) is 5.91. The number of allylic oxidation sites excluding steroid dienone is 1. The topological polar surface area (TPSA) is 74.9 Å². The summed E-state index contributed by atoms with van der Waals surface area (Å²) in [5.74, 6) is 0.515. The molecule has 0 saturated heterocycles. The Morgan fingerprint density at radius 3 is 2.39 bits per heavy atom. The van der Waals surface area contributed by atoms with Gasteiger partial charge in [-0.25, -0.2) is 4.79 Å². The molecule has 0 aliphatic heterocycles. The first-order valence-corrected chi connectivity index (χ1v) is 11.3. The van der Waals surface area contributed by atoms with E-state index in [0.29, 0.717) is 5.76 Å². The fraction of sp³-hybridized carbons (Fsp3) is 0.500. The number of benzene rings is 1. The molecule has 7 heteroatoms. The molecule has 0 N–H and O–H groups in total. The average molecular weight is 456 g/mol. The molecule has 0 radical (unpaired) electrons. The summed E-state index contributed by atoms with van der Waals surface area (Å²) in [5, 5.41) is 4.44. The van der Waals surface area contributed by atoms with Gasteiger partial charge in [-0.15, -0.1) is 0 Å². The Morgan fingerprint density at radius 1 is 1.21 bits per heavy atom. The summed E-state index contributed by atoms with van der Waals surface area (Å²) >= 11 is 0. The van der Waals surface area contributed by atoms with Crippen LogP contribution in [0, 0.1) is 6.92 Å². The first-order chi connectivity index (χ1) is 15.6. The van der Waals surface area contributed by atoms with Crippen molar-refractivity contribution < 1.29 is 19.0 Å². The summed E-state index contributed by atoms with van der Waals surface area (Å²) in [7, 11) is 3.55. The maximum absolute atomic E-state index is 12.0. The van der Waals surface area contributed by atoms with Gasteiger partial charge >= 0.3 is 6.16 Å². The Labute approximate surface area is 197 Å². The van der Waals surface area contributed by atoms with Gasteiger partial charge in [0.15, 0.2) is 5.76 Å². The van der Waals surface area contributed by atoms with Crippen molar-refractivity contribution in [2.75, 3.05) is 13.8 Å². The molecule has 0 spiro atoms. The Morgan fingerprint density at radius 2 is 1.88 bits per heavy atom. The van der Waals surface area contributed by atoms with Gasteiger partial charge in [-0.2, -0.15) is 5.10 Å². The Hall–Kier alpha value is -3.09. The molecule has 1 heterocycles. The highest BCUT2D eigenvalue weighted by molar-refractivity contribution is 6.18. The highest BCUT2D eigenvalue weighted by atomic mass is 16.8. The van der Waals surface area contributed by atoms with Gasteiger partial charge in [-0.3, -0.25) is 9.67 Å². The summed E-state index contributed by atoms with van der Waals surface area (Å²) in [6, 6.07) is 10.2. The molecule has 7 nitrogen and oxygen atoms in total. The van der Waals surface area contributed by atoms with Crippen LogP contribution in [0.15, 0.2) is 35.3 Å². The standard InChI is InChI=1S/C26H37N3O4/c1-9-10-19(3)33-25(30)32-17-31-24(23-15-18(2)28-29(23)8)22(16-27-7)20-11-13-21(14-12-20)26(4,5)6/h11-16,19H,9-10,17H2,1-8H3/b24-22-,27-16-. The molecule has 0 bridgehead atoms. The summed E-state index contributed by atoms with van der Waals surface area (Å²) in [5.41, 5.74) is 4.56. The van der Waals surface area contributed by atoms with Crippen LogP contribution in [0.5, 0.6) is 0 Å². The highest BCUT2D eigenvalue weighted by Crippen LogP contribution is 2.29. The number of aliphatic imine (C=N–C) groups is 1. The van der Waals surface area contributed by atoms with Crippen molar-refractivity contribution in [1.29, 1.82) is 0 Å². The molecule has 0 fully saturated rings. The van der Waals surface area contributed by atoms with Gasteiger partial charge in [0, 0.05) is 25.9 Å². The molecule has 180 valence electrons. The van der Waals surface area contributed by atoms with Gasteiger partial charge in [-0.1, -0.05) is 58.4 Å². The van der Waals surface area contributed by atoms with Gasteiger partial charge in [0.25, 0.3) is 0 Å². The van der Waals surface area contributed by atoms with Crippen molar-refractivity contribution in [2.24, 2.45) is 12.0 Å². The lowest BCUT2D eigenvalue weighted by Crippen LogP contribution is -2.17. The van der Waals surface area contributed by atoms with Crippen molar-refractivity contribution in [2.45, 2.75) is 65.9 Å². The number of carbonyl (C=O) groups is 1. The van der Waals surface area contributed by atoms with E-state index in [-0.39, 0.29) is 18.3 Å². The molecular weight excluding hydrogens is 418 g/mol. The molecule has 0 aliphatic rings. The SMILES string of the molecule is CCCC(C)OC(=O)OCO/C(=C(/C=N\C)c1ccc(C(C)(C)C)cc1)c1cc(C)nn1C. The smallest absolute Gasteiger partial charge is 0.454 e. The van der Waals surface area contributed by atoms with E-state index in [4.69, 9.17) is 14.2 Å². The molecule has 1 aromatic carbocycles. The summed E-state index contributed by atoms with van der Waals surface area (Å²) in [4.78, 5) is 16.3. The fourth-order valence-electron chi connectivity index (χ4n) is 3.46. The quantitative estimate of drug-likeness (QED) is 0.203. The Balaban J connectivity index is 2.39. The molecular formula is C26H37N3O4. The molecule has 1 atom stereocenters. The van der Waals surface area contributed by atoms with E-state index < -0.39 is 6.16 Å². The molecule has 1 aromatic heterocycles. The van der Waals surface area contributed by atoms with Crippen molar-refractivity contribution in [3.05, 3.63) is 52.8 Å². The van der Waals surface area contributed by atoms with E-state index in [1.165, 1.54) is 5.56 Å². The maximum Gasteiger partial charge on any atom is 0.511 e. The van der Waals surface area contributed by atoms with Crippen molar-refractivity contribution in [1.82, 2.24) is 9.78 Å². The zero-order valence-corrected chi connectivity index (χ0v) is 21.1. The zero-order valence-electron chi connectivity index (χ0n) is 21.1. The van der Waals surface area contributed by atoms with Crippen molar-refractivity contribution >= 4 is 23.7 Å². The van der Waals surface area contributed by atoms with Crippen LogP contribution < -0.4 is 0 Å². The minimum atomic E-state index is -0.753. The second-order valence-electron chi connectivity index (χ2n) is 9.13. The van der Waals surface area contributed by atoms with E-state index >= 15 is 0 Å². The first kappa shape index (κ1) is 26.2. The number of nitrogens with zero attached hydrogens (tertiary/aromatic N) is 3. The van der Waals surface area contributed by atoms with Crippen LogP contribution in [0.25, 0.3) is 11.3 Å². The summed E-state index contributed by atoms with van der Waals surface area (Å²) < 4.78 is 18.2. The third-order valence-electron chi connectivity index (χ3n) is 5.17. The largest absolute Gasteiger partial charge is 0.511 e. The van der Waals surface area contributed by atoms with Crippen LogP contribution in [0.3, 0.4) is 0 Å². The van der Waals surface area contributed by atoms with Crippen LogP contribution in [-0.2, 0) is 26.7 Å². The number of carbonyl (C=O) groups excluding carboxylic acids is 1. The molecule has 0 aliphatic carbocycles. The average Bonchev–Trinajstić information content (AvgIpc) is 3.07. The van der Waals surface area contributed by atoms with Crippen molar-refractivity contribution in [3.8, 4) is 0 Å². The molecule has 0 amide bonds. The fourth-order valence-corrected chi connectivity index (χ4v) is 3.46. The van der Waals surface area contributed by atoms with Gasteiger partial charge < -0.3 is 14.2 Å². The minimum absolute atomic E-state index is 0.0445. The normalized spacial score (nSPS) is 13.6. The van der Waals surface area contributed by atoms with E-state index in [1.807, 2.05) is 46.0 Å². The molecule has 2 rings (SSSR count). The summed E-state index contributed by atoms with van der Waals surface area (Å²) in [6.07, 6.45) is 2.48. The van der Waals surface area contributed by atoms with E-state index in [1.54, 1.807) is 17.9 Å². The number of ether oxygens (including phenoxy) is 3. The van der Waals surface area contributed by atoms with E-state index in [9.17, 15) is 4.79 Å². The van der Waals surface area contributed by atoms with Gasteiger partial charge in [-0.05, 0) is 42.9 Å². The Bertz CT molecular complexity index is 982. The van der Waals surface area contributed by atoms with Crippen LogP contribution in [0.1, 0.15) is 70.0 Å². The van der Waals surface area contributed by atoms with Crippen LogP contribution >= 0.6 is 0 Å². The van der Waals surface area contributed by atoms with E-state index in [0.717, 1.165) is 35.4 Å². The lowest BCUT2D eigenvalue weighted by molar-refractivity contribution is -0.0214. The van der Waals surface area contributed by atoms with E-state index in [2.05, 4.69) is 43.0 Å². The number of aromatic nitrogens is 2. The molecule has 33 heavy (non-hydrogen) atoms. The van der Waals surface area contributed by atoms with Crippen LogP contribution in [-0.4, -0.2) is 42.1 Å². The maximum atomic E-state index is 12.0. The highest BCUT2D eigenvalue weighted by Gasteiger charge is 2.19. The number of aryl methyl sites for hydroxylation is 2. The second kappa shape index (κ2) is 11.7. The van der Waals surface area contributed by atoms with Crippen molar-refractivity contribution in [3.63, 3.8) is 0 Å². The third-order valence-corrected chi connectivity index (χ3v) is 5.17. The minimum Gasteiger partial charge on any atom is -0.454 e. The molecule has 2 aromatic rings. The lowest BCUT2D eigenvalue weighted by Gasteiger charge is -2.20. The third kappa shape index (κ3) is 7.48. The second-order valence-corrected chi connectivity index (χ2v) is 9.13. The van der Waals surface area contributed by atoms with Crippen LogP contribution in [0.2, 0.25) is 0 Å². The monoisotopic (exact) mass is 455 g/mol.